The Balaban J connectivity index is 0.00000176. The summed E-state index contributed by atoms with van der Waals surface area (Å²) in [6.07, 6.45) is 1.81. The molecule has 1 saturated heterocycles. The van der Waals surface area contributed by atoms with E-state index in [0.29, 0.717) is 29.8 Å². The monoisotopic (exact) mass is 323 g/mol. The van der Waals surface area contributed by atoms with Gasteiger partial charge in [0.2, 0.25) is 0 Å². The molecule has 2 heterocycles. The minimum Gasteiger partial charge on any atom is -0.337 e. The van der Waals surface area contributed by atoms with Gasteiger partial charge in [0, 0.05) is 31.7 Å². The average molecular weight is 324 g/mol. The molecule has 22 heavy (non-hydrogen) atoms. The molecule has 2 N–H and O–H groups in total. The average Bonchev–Trinajstić information content (AvgIpc) is 2.71. The van der Waals surface area contributed by atoms with E-state index in [0.717, 1.165) is 17.7 Å². The summed E-state index contributed by atoms with van der Waals surface area (Å²) in [5, 5.41) is 0. The summed E-state index contributed by atoms with van der Waals surface area (Å²) in [6, 6.07) is 4.68. The second kappa shape index (κ2) is 6.06. The molecular weight excluding hydrogens is 306 g/mol. The third-order valence-electron chi connectivity index (χ3n) is 4.08. The zero-order valence-corrected chi connectivity index (χ0v) is 13.1. The van der Waals surface area contributed by atoms with Crippen molar-refractivity contribution in [1.29, 1.82) is 0 Å². The zero-order chi connectivity index (χ0) is 15.1. The molecule has 3 amide bonds. The number of nitrogens with zero attached hydrogens (tertiary/aromatic N) is 2. The number of nitrogens with two attached hydrogens (primary N) is 1. The molecule has 1 aromatic rings. The number of imide groups is 1. The summed E-state index contributed by atoms with van der Waals surface area (Å²) in [7, 11) is 1.44. The number of halogens is 1. The molecule has 7 heteroatoms. The van der Waals surface area contributed by atoms with Crippen molar-refractivity contribution < 1.29 is 14.4 Å². The Morgan fingerprint density at radius 2 is 1.91 bits per heavy atom. The Morgan fingerprint density at radius 3 is 2.59 bits per heavy atom. The molecule has 118 valence electrons. The summed E-state index contributed by atoms with van der Waals surface area (Å²) in [4.78, 5) is 39.0. The molecule has 2 aliphatic heterocycles. The number of benzene rings is 1. The molecule has 3 rings (SSSR count). The van der Waals surface area contributed by atoms with Crippen LogP contribution in [0.2, 0.25) is 0 Å². The van der Waals surface area contributed by atoms with Crippen molar-refractivity contribution in [2.75, 3.05) is 20.1 Å². The lowest BCUT2D eigenvalue weighted by Gasteiger charge is -2.30. The van der Waals surface area contributed by atoms with Crippen molar-refractivity contribution in [3.8, 4) is 0 Å². The fraction of sp³-hybridized carbons (Fsp3) is 0.400. The first-order chi connectivity index (χ1) is 9.99. The molecule has 0 bridgehead atoms. The lowest BCUT2D eigenvalue weighted by molar-refractivity contribution is 0.0690. The van der Waals surface area contributed by atoms with Gasteiger partial charge in [0.25, 0.3) is 17.7 Å². The van der Waals surface area contributed by atoms with Gasteiger partial charge in [0.1, 0.15) is 0 Å². The smallest absolute Gasteiger partial charge is 0.261 e. The van der Waals surface area contributed by atoms with Crippen LogP contribution in [0.1, 0.15) is 43.9 Å². The van der Waals surface area contributed by atoms with Gasteiger partial charge in [-0.1, -0.05) is 0 Å². The number of carbonyl (C=O) groups excluding carboxylic acids is 3. The van der Waals surface area contributed by atoms with Gasteiger partial charge in [-0.25, -0.2) is 0 Å². The SMILES string of the molecule is CN1C(=O)c2ccc(C(=O)N3CCCC(N)C3)cc2C1=O.Cl. The quantitative estimate of drug-likeness (QED) is 0.778. The Kier molecular flexibility index (Phi) is 4.53. The molecule has 0 aliphatic carbocycles. The molecule has 1 fully saturated rings. The topological polar surface area (TPSA) is 83.7 Å². The number of likely N-dealkylation sites (tertiary alicyclic amines) is 1. The zero-order valence-electron chi connectivity index (χ0n) is 12.2. The molecule has 0 aromatic heterocycles. The molecule has 1 aromatic carbocycles. The van der Waals surface area contributed by atoms with Gasteiger partial charge in [-0.05, 0) is 31.0 Å². The van der Waals surface area contributed by atoms with Gasteiger partial charge in [-0.15, -0.1) is 12.4 Å². The molecule has 0 radical (unpaired) electrons. The molecule has 2 aliphatic rings. The van der Waals surface area contributed by atoms with Crippen molar-refractivity contribution in [2.24, 2.45) is 5.73 Å². The van der Waals surface area contributed by atoms with Crippen LogP contribution < -0.4 is 5.73 Å². The van der Waals surface area contributed by atoms with Crippen molar-refractivity contribution in [2.45, 2.75) is 18.9 Å². The highest BCUT2D eigenvalue weighted by Gasteiger charge is 2.33. The van der Waals surface area contributed by atoms with E-state index in [4.69, 9.17) is 5.73 Å². The van der Waals surface area contributed by atoms with E-state index in [2.05, 4.69) is 0 Å². The fourth-order valence-electron chi connectivity index (χ4n) is 2.87. The van der Waals surface area contributed by atoms with Gasteiger partial charge < -0.3 is 10.6 Å². The summed E-state index contributed by atoms with van der Waals surface area (Å²) in [5.74, 6) is -0.822. The highest BCUT2D eigenvalue weighted by atomic mass is 35.5. The number of rotatable bonds is 1. The first-order valence-electron chi connectivity index (χ1n) is 7.00. The van der Waals surface area contributed by atoms with Crippen LogP contribution in [0.4, 0.5) is 0 Å². The Morgan fingerprint density at radius 1 is 1.23 bits per heavy atom. The van der Waals surface area contributed by atoms with Crippen LogP contribution in [0.15, 0.2) is 18.2 Å². The predicted molar refractivity (Wildman–Crippen MR) is 83.2 cm³/mol. The van der Waals surface area contributed by atoms with Crippen LogP contribution in [-0.2, 0) is 0 Å². The van der Waals surface area contributed by atoms with E-state index in [9.17, 15) is 14.4 Å². The normalized spacial score (nSPS) is 20.7. The van der Waals surface area contributed by atoms with Crippen molar-refractivity contribution in [3.05, 3.63) is 34.9 Å². The van der Waals surface area contributed by atoms with Crippen LogP contribution in [0, 0.1) is 0 Å². The fourth-order valence-corrected chi connectivity index (χ4v) is 2.87. The molecule has 0 spiro atoms. The summed E-state index contributed by atoms with van der Waals surface area (Å²) in [6.45, 7) is 1.21. The van der Waals surface area contributed by atoms with E-state index in [1.165, 1.54) is 13.1 Å². The highest BCUT2D eigenvalue weighted by Crippen LogP contribution is 2.23. The van der Waals surface area contributed by atoms with E-state index >= 15 is 0 Å². The largest absolute Gasteiger partial charge is 0.337 e. The van der Waals surface area contributed by atoms with E-state index in [1.54, 1.807) is 17.0 Å². The lowest BCUT2D eigenvalue weighted by Crippen LogP contribution is -2.45. The molecule has 0 saturated carbocycles. The maximum absolute atomic E-state index is 12.5. The summed E-state index contributed by atoms with van der Waals surface area (Å²) < 4.78 is 0. The number of hydrogen-bond donors (Lipinski definition) is 1. The van der Waals surface area contributed by atoms with Crippen LogP contribution in [0.3, 0.4) is 0 Å². The third-order valence-corrected chi connectivity index (χ3v) is 4.08. The Hall–Kier alpha value is -1.92. The van der Waals surface area contributed by atoms with Gasteiger partial charge in [0.05, 0.1) is 11.1 Å². The third kappa shape index (κ3) is 2.60. The van der Waals surface area contributed by atoms with Gasteiger partial charge >= 0.3 is 0 Å². The maximum atomic E-state index is 12.5. The second-order valence-corrected chi connectivity index (χ2v) is 5.58. The lowest BCUT2D eigenvalue weighted by atomic mass is 10.0. The maximum Gasteiger partial charge on any atom is 0.261 e. The molecular formula is C15H18ClN3O3. The standard InChI is InChI=1S/C15H17N3O3.ClH/c1-17-14(20)11-5-4-9(7-12(11)15(17)21)13(19)18-6-2-3-10(16)8-18;/h4-5,7,10H,2-3,6,8,16H2,1H3;1H. The minimum absolute atomic E-state index is 0. The number of fused-ring (bicyclic) bond motifs is 1. The highest BCUT2D eigenvalue weighted by molar-refractivity contribution is 6.21. The van der Waals surface area contributed by atoms with Crippen LogP contribution >= 0.6 is 12.4 Å². The summed E-state index contributed by atoms with van der Waals surface area (Å²) in [5.41, 5.74) is 6.98. The van der Waals surface area contributed by atoms with Crippen LogP contribution in [0.5, 0.6) is 0 Å². The van der Waals surface area contributed by atoms with Gasteiger partial charge in [-0.2, -0.15) is 0 Å². The van der Waals surface area contributed by atoms with Crippen molar-refractivity contribution >= 4 is 30.1 Å². The predicted octanol–water partition coefficient (Wildman–Crippen LogP) is 0.897. The minimum atomic E-state index is -0.361. The number of hydrogen-bond acceptors (Lipinski definition) is 4. The first kappa shape index (κ1) is 16.5. The number of amides is 3. The van der Waals surface area contributed by atoms with E-state index < -0.39 is 0 Å². The van der Waals surface area contributed by atoms with Crippen molar-refractivity contribution in [1.82, 2.24) is 9.80 Å². The molecule has 6 nitrogen and oxygen atoms in total. The number of piperidine rings is 1. The van der Waals surface area contributed by atoms with Crippen LogP contribution in [0.25, 0.3) is 0 Å². The van der Waals surface area contributed by atoms with Crippen LogP contribution in [-0.4, -0.2) is 53.7 Å². The Labute approximate surface area is 134 Å². The number of carbonyl (C=O) groups is 3. The van der Waals surface area contributed by atoms with Crippen molar-refractivity contribution in [3.63, 3.8) is 0 Å². The summed E-state index contributed by atoms with van der Waals surface area (Å²) >= 11 is 0. The van der Waals surface area contributed by atoms with E-state index in [1.807, 2.05) is 0 Å². The van der Waals surface area contributed by atoms with Gasteiger partial charge in [0.15, 0.2) is 0 Å². The first-order valence-corrected chi connectivity index (χ1v) is 7.00. The molecule has 1 atom stereocenters. The Bertz CT molecular complexity index is 647. The van der Waals surface area contributed by atoms with E-state index in [-0.39, 0.29) is 36.2 Å². The second-order valence-electron chi connectivity index (χ2n) is 5.58. The molecule has 1 unspecified atom stereocenters. The van der Waals surface area contributed by atoms with Gasteiger partial charge in [-0.3, -0.25) is 19.3 Å².